The van der Waals surface area contributed by atoms with Crippen molar-refractivity contribution in [1.82, 2.24) is 9.97 Å². The molecule has 0 aliphatic rings. The Hall–Kier alpha value is -3.28. The Labute approximate surface area is 138 Å². The Morgan fingerprint density at radius 1 is 1.00 bits per heavy atom. The van der Waals surface area contributed by atoms with Gasteiger partial charge in [0.05, 0.1) is 0 Å². The maximum Gasteiger partial charge on any atom is 0.274 e. The second-order valence-electron chi connectivity index (χ2n) is 5.09. The van der Waals surface area contributed by atoms with Crippen LogP contribution in [0, 0.1) is 5.82 Å². The molecule has 0 fully saturated rings. The van der Waals surface area contributed by atoms with Crippen LogP contribution in [-0.2, 0) is 6.54 Å². The molecular formula is C18H15FN4O. The Bertz CT molecular complexity index is 839. The molecule has 0 saturated heterocycles. The van der Waals surface area contributed by atoms with Crippen molar-refractivity contribution in [2.24, 2.45) is 0 Å². The van der Waals surface area contributed by atoms with Crippen molar-refractivity contribution < 1.29 is 9.18 Å². The van der Waals surface area contributed by atoms with Crippen LogP contribution in [0.25, 0.3) is 0 Å². The fraction of sp³-hybridized carbons (Fsp3) is 0.0556. The van der Waals surface area contributed by atoms with Crippen molar-refractivity contribution in [3.05, 3.63) is 84.1 Å². The number of rotatable bonds is 5. The number of aromatic nitrogens is 2. The van der Waals surface area contributed by atoms with Crippen molar-refractivity contribution in [2.75, 3.05) is 10.6 Å². The van der Waals surface area contributed by atoms with Gasteiger partial charge in [-0.1, -0.05) is 36.4 Å². The van der Waals surface area contributed by atoms with Gasteiger partial charge in [0.2, 0.25) is 0 Å². The Kier molecular flexibility index (Phi) is 4.76. The number of hydrogen-bond acceptors (Lipinski definition) is 4. The molecule has 24 heavy (non-hydrogen) atoms. The maximum atomic E-state index is 13.2. The molecular weight excluding hydrogens is 307 g/mol. The van der Waals surface area contributed by atoms with E-state index in [1.165, 1.54) is 24.5 Å². The van der Waals surface area contributed by atoms with Gasteiger partial charge in [0.15, 0.2) is 0 Å². The third-order valence-electron chi connectivity index (χ3n) is 3.30. The van der Waals surface area contributed by atoms with Crippen LogP contribution in [0.3, 0.4) is 0 Å². The lowest BCUT2D eigenvalue weighted by Gasteiger charge is -2.08. The molecule has 0 atom stereocenters. The third kappa shape index (κ3) is 4.13. The highest BCUT2D eigenvalue weighted by Gasteiger charge is 2.09. The van der Waals surface area contributed by atoms with Gasteiger partial charge >= 0.3 is 0 Å². The second kappa shape index (κ2) is 7.32. The lowest BCUT2D eigenvalue weighted by Crippen LogP contribution is -2.14. The summed E-state index contributed by atoms with van der Waals surface area (Å²) >= 11 is 0. The number of halogens is 1. The topological polar surface area (TPSA) is 66.9 Å². The largest absolute Gasteiger partial charge is 0.366 e. The first-order valence-electron chi connectivity index (χ1n) is 7.37. The highest BCUT2D eigenvalue weighted by atomic mass is 19.1. The van der Waals surface area contributed by atoms with E-state index in [4.69, 9.17) is 0 Å². The molecule has 0 unspecified atom stereocenters. The molecule has 120 valence electrons. The number of amides is 1. The molecule has 0 radical (unpaired) electrons. The summed E-state index contributed by atoms with van der Waals surface area (Å²) in [5, 5.41) is 5.74. The van der Waals surface area contributed by atoms with Gasteiger partial charge in [0.1, 0.15) is 23.7 Å². The third-order valence-corrected chi connectivity index (χ3v) is 3.30. The van der Waals surface area contributed by atoms with E-state index in [1.54, 1.807) is 12.1 Å². The van der Waals surface area contributed by atoms with Crippen molar-refractivity contribution in [3.8, 4) is 0 Å². The SMILES string of the molecule is O=C(Nc1cccc(F)c1)c1cc(NCc2ccccc2)ncn1. The first-order valence-corrected chi connectivity index (χ1v) is 7.37. The van der Waals surface area contributed by atoms with Gasteiger partial charge in [-0.2, -0.15) is 0 Å². The molecule has 3 rings (SSSR count). The summed E-state index contributed by atoms with van der Waals surface area (Å²) in [6.07, 6.45) is 1.31. The quantitative estimate of drug-likeness (QED) is 0.755. The number of nitrogens with zero attached hydrogens (tertiary/aromatic N) is 2. The number of carbonyl (C=O) groups is 1. The predicted octanol–water partition coefficient (Wildman–Crippen LogP) is 3.48. The summed E-state index contributed by atoms with van der Waals surface area (Å²) in [5.41, 5.74) is 1.67. The van der Waals surface area contributed by atoms with Gasteiger partial charge < -0.3 is 10.6 Å². The molecule has 0 aliphatic heterocycles. The molecule has 1 amide bonds. The number of carbonyl (C=O) groups excluding carboxylic acids is 1. The summed E-state index contributed by atoms with van der Waals surface area (Å²) < 4.78 is 13.2. The van der Waals surface area contributed by atoms with Gasteiger partial charge in [0, 0.05) is 18.3 Å². The van der Waals surface area contributed by atoms with E-state index in [1.807, 2.05) is 30.3 Å². The first kappa shape index (κ1) is 15.6. The van der Waals surface area contributed by atoms with E-state index in [2.05, 4.69) is 20.6 Å². The van der Waals surface area contributed by atoms with Crippen LogP contribution in [0.1, 0.15) is 16.1 Å². The molecule has 5 nitrogen and oxygen atoms in total. The second-order valence-corrected chi connectivity index (χ2v) is 5.09. The molecule has 1 heterocycles. The molecule has 2 aromatic carbocycles. The Morgan fingerprint density at radius 3 is 2.62 bits per heavy atom. The van der Waals surface area contributed by atoms with E-state index in [9.17, 15) is 9.18 Å². The van der Waals surface area contributed by atoms with Crippen LogP contribution < -0.4 is 10.6 Å². The normalized spacial score (nSPS) is 10.2. The van der Waals surface area contributed by atoms with Gasteiger partial charge in [-0.3, -0.25) is 4.79 Å². The minimum atomic E-state index is -0.425. The summed E-state index contributed by atoms with van der Waals surface area (Å²) in [6, 6.07) is 17.1. The predicted molar refractivity (Wildman–Crippen MR) is 90.2 cm³/mol. The lowest BCUT2D eigenvalue weighted by molar-refractivity contribution is 0.102. The van der Waals surface area contributed by atoms with Gasteiger partial charge in [-0.15, -0.1) is 0 Å². The maximum absolute atomic E-state index is 13.2. The van der Waals surface area contributed by atoms with Crippen LogP contribution in [0.15, 0.2) is 67.0 Å². The lowest BCUT2D eigenvalue weighted by atomic mass is 10.2. The minimum absolute atomic E-state index is 0.199. The van der Waals surface area contributed by atoms with E-state index >= 15 is 0 Å². The van der Waals surface area contributed by atoms with Crippen molar-refractivity contribution in [1.29, 1.82) is 0 Å². The van der Waals surface area contributed by atoms with Crippen LogP contribution in [0.2, 0.25) is 0 Å². The summed E-state index contributed by atoms with van der Waals surface area (Å²) in [4.78, 5) is 20.3. The van der Waals surface area contributed by atoms with Crippen molar-refractivity contribution in [2.45, 2.75) is 6.54 Å². The average Bonchev–Trinajstić information content (AvgIpc) is 2.61. The standard InChI is InChI=1S/C18H15FN4O/c19-14-7-4-8-15(9-14)23-18(24)16-10-17(22-12-21-16)20-11-13-5-2-1-3-6-13/h1-10,12H,11H2,(H,23,24)(H,20,21,22). The molecule has 0 bridgehead atoms. The molecule has 6 heteroatoms. The zero-order valence-electron chi connectivity index (χ0n) is 12.7. The smallest absolute Gasteiger partial charge is 0.274 e. The zero-order chi connectivity index (χ0) is 16.8. The monoisotopic (exact) mass is 322 g/mol. The van der Waals surface area contributed by atoms with E-state index in [0.29, 0.717) is 18.1 Å². The summed E-state index contributed by atoms with van der Waals surface area (Å²) in [5.74, 6) is -0.301. The molecule has 2 N–H and O–H groups in total. The van der Waals surface area contributed by atoms with Crippen molar-refractivity contribution in [3.63, 3.8) is 0 Å². The highest BCUT2D eigenvalue weighted by molar-refractivity contribution is 6.03. The Morgan fingerprint density at radius 2 is 1.83 bits per heavy atom. The fourth-order valence-corrected chi connectivity index (χ4v) is 2.13. The number of nitrogens with one attached hydrogen (secondary N) is 2. The average molecular weight is 322 g/mol. The molecule has 0 saturated carbocycles. The summed E-state index contributed by atoms with van der Waals surface area (Å²) in [6.45, 7) is 0.586. The van der Waals surface area contributed by atoms with Crippen LogP contribution in [-0.4, -0.2) is 15.9 Å². The minimum Gasteiger partial charge on any atom is -0.366 e. The van der Waals surface area contributed by atoms with Gasteiger partial charge in [-0.25, -0.2) is 14.4 Å². The Balaban J connectivity index is 1.67. The van der Waals surface area contributed by atoms with E-state index < -0.39 is 11.7 Å². The molecule has 3 aromatic rings. The summed E-state index contributed by atoms with van der Waals surface area (Å²) in [7, 11) is 0. The van der Waals surface area contributed by atoms with Crippen molar-refractivity contribution >= 4 is 17.4 Å². The van der Waals surface area contributed by atoms with E-state index in [-0.39, 0.29) is 5.69 Å². The molecule has 1 aromatic heterocycles. The van der Waals surface area contributed by atoms with Gasteiger partial charge in [0.25, 0.3) is 5.91 Å². The number of hydrogen-bond donors (Lipinski definition) is 2. The van der Waals surface area contributed by atoms with E-state index in [0.717, 1.165) is 5.56 Å². The van der Waals surface area contributed by atoms with Crippen LogP contribution >= 0.6 is 0 Å². The number of benzene rings is 2. The molecule has 0 aliphatic carbocycles. The van der Waals surface area contributed by atoms with Gasteiger partial charge in [-0.05, 0) is 23.8 Å². The molecule has 0 spiro atoms. The zero-order valence-corrected chi connectivity index (χ0v) is 12.7. The number of anilines is 2. The van der Waals surface area contributed by atoms with Crippen LogP contribution in [0.5, 0.6) is 0 Å². The fourth-order valence-electron chi connectivity index (χ4n) is 2.13. The van der Waals surface area contributed by atoms with Crippen LogP contribution in [0.4, 0.5) is 15.9 Å². The first-order chi connectivity index (χ1) is 11.7. The highest BCUT2D eigenvalue weighted by Crippen LogP contribution is 2.12.